The van der Waals surface area contributed by atoms with Gasteiger partial charge in [-0.05, 0) is 10.8 Å². The zero-order valence-electron chi connectivity index (χ0n) is 18.1. The van der Waals surface area contributed by atoms with Gasteiger partial charge in [0.05, 0.1) is 52.9 Å². The standard InChI is InChI=1S/C26H28O6/c1-3-19-7-8-20-4-2-6-22-24(20)23(19)21(5-1)25-26(22)32-18-16-30-14-12-28-10-9-27-11-13-29-15-17-31-25/h1-8H,9-18H2. The van der Waals surface area contributed by atoms with Crippen LogP contribution in [0.4, 0.5) is 0 Å². The Morgan fingerprint density at radius 1 is 0.406 bits per heavy atom. The number of hydrogen-bond acceptors (Lipinski definition) is 6. The van der Waals surface area contributed by atoms with Gasteiger partial charge < -0.3 is 28.4 Å². The van der Waals surface area contributed by atoms with Crippen LogP contribution in [0.25, 0.3) is 32.3 Å². The minimum absolute atomic E-state index is 0.427. The van der Waals surface area contributed by atoms with Gasteiger partial charge in [-0.3, -0.25) is 0 Å². The lowest BCUT2D eigenvalue weighted by Gasteiger charge is -2.20. The summed E-state index contributed by atoms with van der Waals surface area (Å²) in [6.07, 6.45) is 0. The summed E-state index contributed by atoms with van der Waals surface area (Å²) in [5.74, 6) is 1.51. The largest absolute Gasteiger partial charge is 0.487 e. The van der Waals surface area contributed by atoms with E-state index in [9.17, 15) is 0 Å². The van der Waals surface area contributed by atoms with E-state index in [1.54, 1.807) is 0 Å². The van der Waals surface area contributed by atoms with Gasteiger partial charge in [-0.2, -0.15) is 0 Å². The zero-order valence-corrected chi connectivity index (χ0v) is 18.1. The third-order valence-electron chi connectivity index (χ3n) is 5.65. The highest BCUT2D eigenvalue weighted by Gasteiger charge is 2.20. The lowest BCUT2D eigenvalue weighted by atomic mass is 9.93. The highest BCUT2D eigenvalue weighted by Crippen LogP contribution is 2.47. The Morgan fingerprint density at radius 2 is 0.781 bits per heavy atom. The first-order valence-electron chi connectivity index (χ1n) is 11.2. The fourth-order valence-electron chi connectivity index (χ4n) is 4.23. The molecule has 1 aliphatic rings. The second-order valence-corrected chi connectivity index (χ2v) is 7.68. The summed E-state index contributed by atoms with van der Waals surface area (Å²) < 4.78 is 35.0. The Kier molecular flexibility index (Phi) is 6.84. The van der Waals surface area contributed by atoms with E-state index in [4.69, 9.17) is 28.4 Å². The molecule has 6 heteroatoms. The topological polar surface area (TPSA) is 55.4 Å². The number of benzene rings is 4. The molecule has 0 N–H and O–H groups in total. The van der Waals surface area contributed by atoms with Crippen LogP contribution in [0.2, 0.25) is 0 Å². The van der Waals surface area contributed by atoms with Gasteiger partial charge in [-0.15, -0.1) is 0 Å². The van der Waals surface area contributed by atoms with Crippen molar-refractivity contribution in [3.8, 4) is 11.5 Å². The Bertz CT molecular complexity index is 1070. The minimum atomic E-state index is 0.427. The van der Waals surface area contributed by atoms with E-state index >= 15 is 0 Å². The molecule has 168 valence electrons. The molecular weight excluding hydrogens is 408 g/mol. The molecule has 4 aromatic carbocycles. The van der Waals surface area contributed by atoms with Crippen molar-refractivity contribution in [3.05, 3.63) is 48.5 Å². The molecule has 6 nitrogen and oxygen atoms in total. The van der Waals surface area contributed by atoms with E-state index in [2.05, 4.69) is 48.5 Å². The summed E-state index contributed by atoms with van der Waals surface area (Å²) >= 11 is 0. The molecule has 0 spiro atoms. The highest BCUT2D eigenvalue weighted by atomic mass is 16.6. The molecule has 0 radical (unpaired) electrons. The summed E-state index contributed by atoms with van der Waals surface area (Å²) in [6, 6.07) is 16.9. The van der Waals surface area contributed by atoms with Crippen molar-refractivity contribution < 1.29 is 28.4 Å². The molecule has 0 bridgehead atoms. The second-order valence-electron chi connectivity index (χ2n) is 7.68. The van der Waals surface area contributed by atoms with Gasteiger partial charge in [-0.1, -0.05) is 48.5 Å². The quantitative estimate of drug-likeness (QED) is 0.381. The molecule has 0 aromatic heterocycles. The molecule has 0 unspecified atom stereocenters. The maximum Gasteiger partial charge on any atom is 0.169 e. The van der Waals surface area contributed by atoms with Crippen LogP contribution in [-0.4, -0.2) is 66.1 Å². The molecule has 4 aromatic rings. The van der Waals surface area contributed by atoms with Crippen LogP contribution in [0, 0.1) is 0 Å². The van der Waals surface area contributed by atoms with Gasteiger partial charge in [0.15, 0.2) is 11.5 Å². The second kappa shape index (κ2) is 10.3. The molecule has 1 aliphatic heterocycles. The third-order valence-corrected chi connectivity index (χ3v) is 5.65. The predicted octanol–water partition coefficient (Wildman–Crippen LogP) is 4.42. The average Bonchev–Trinajstić information content (AvgIpc) is 2.83. The lowest BCUT2D eigenvalue weighted by Crippen LogP contribution is -2.16. The average molecular weight is 437 g/mol. The Balaban J connectivity index is 1.51. The van der Waals surface area contributed by atoms with E-state index in [1.165, 1.54) is 21.5 Å². The van der Waals surface area contributed by atoms with Crippen molar-refractivity contribution in [3.63, 3.8) is 0 Å². The van der Waals surface area contributed by atoms with Crippen LogP contribution in [0.1, 0.15) is 0 Å². The fraction of sp³-hybridized carbons (Fsp3) is 0.385. The van der Waals surface area contributed by atoms with Crippen molar-refractivity contribution in [2.24, 2.45) is 0 Å². The summed E-state index contributed by atoms with van der Waals surface area (Å²) in [7, 11) is 0. The molecule has 0 atom stereocenters. The first kappa shape index (κ1) is 21.2. The van der Waals surface area contributed by atoms with Crippen molar-refractivity contribution in [2.45, 2.75) is 0 Å². The first-order chi connectivity index (χ1) is 15.9. The van der Waals surface area contributed by atoms with E-state index in [1.807, 2.05) is 0 Å². The molecule has 0 saturated carbocycles. The molecular formula is C26H28O6. The number of hydrogen-bond donors (Lipinski definition) is 0. The van der Waals surface area contributed by atoms with Gasteiger partial charge in [-0.25, -0.2) is 0 Å². The van der Waals surface area contributed by atoms with Crippen LogP contribution in [0.3, 0.4) is 0 Å². The predicted molar refractivity (Wildman–Crippen MR) is 124 cm³/mol. The van der Waals surface area contributed by atoms with Crippen molar-refractivity contribution in [2.75, 3.05) is 66.1 Å². The normalized spacial score (nSPS) is 18.0. The summed E-state index contributed by atoms with van der Waals surface area (Å²) in [6.45, 7) is 5.01. The van der Waals surface area contributed by atoms with E-state index in [-0.39, 0.29) is 0 Å². The summed E-state index contributed by atoms with van der Waals surface area (Å²) in [5, 5.41) is 6.88. The molecule has 5 rings (SSSR count). The highest BCUT2D eigenvalue weighted by molar-refractivity contribution is 6.26. The molecule has 0 saturated heterocycles. The maximum absolute atomic E-state index is 6.30. The Hall–Kier alpha value is -2.64. The number of ether oxygens (including phenoxy) is 6. The molecule has 0 aliphatic carbocycles. The maximum atomic E-state index is 6.30. The number of fused-ring (bicyclic) bond motifs is 3. The van der Waals surface area contributed by atoms with Gasteiger partial charge in [0, 0.05) is 21.5 Å². The molecule has 0 fully saturated rings. The van der Waals surface area contributed by atoms with Crippen LogP contribution in [0.15, 0.2) is 48.5 Å². The third kappa shape index (κ3) is 4.45. The SMILES string of the molecule is c1cc2ccc3cccc4c5c(c(c1)c2c34)OCCOCCOCCOCCOCCO5. The van der Waals surface area contributed by atoms with Crippen LogP contribution >= 0.6 is 0 Å². The summed E-state index contributed by atoms with van der Waals surface area (Å²) in [4.78, 5) is 0. The number of rotatable bonds is 0. The smallest absolute Gasteiger partial charge is 0.169 e. The van der Waals surface area contributed by atoms with Gasteiger partial charge >= 0.3 is 0 Å². The summed E-state index contributed by atoms with van der Waals surface area (Å²) in [5.41, 5.74) is 0. The Morgan fingerprint density at radius 3 is 1.19 bits per heavy atom. The molecule has 0 amide bonds. The lowest BCUT2D eigenvalue weighted by molar-refractivity contribution is -0.00826. The van der Waals surface area contributed by atoms with Gasteiger partial charge in [0.2, 0.25) is 0 Å². The van der Waals surface area contributed by atoms with Gasteiger partial charge in [0.1, 0.15) is 13.2 Å². The van der Waals surface area contributed by atoms with E-state index in [0.717, 1.165) is 22.3 Å². The first-order valence-corrected chi connectivity index (χ1v) is 11.2. The fourth-order valence-corrected chi connectivity index (χ4v) is 4.23. The van der Waals surface area contributed by atoms with E-state index < -0.39 is 0 Å². The minimum Gasteiger partial charge on any atom is -0.487 e. The Labute approximate surface area is 187 Å². The van der Waals surface area contributed by atoms with Crippen molar-refractivity contribution >= 4 is 32.3 Å². The zero-order chi connectivity index (χ0) is 21.6. The van der Waals surface area contributed by atoms with Crippen LogP contribution in [-0.2, 0) is 18.9 Å². The van der Waals surface area contributed by atoms with E-state index in [0.29, 0.717) is 66.1 Å². The van der Waals surface area contributed by atoms with Crippen LogP contribution < -0.4 is 9.47 Å². The van der Waals surface area contributed by atoms with Crippen molar-refractivity contribution in [1.82, 2.24) is 0 Å². The van der Waals surface area contributed by atoms with Crippen molar-refractivity contribution in [1.29, 1.82) is 0 Å². The monoisotopic (exact) mass is 436 g/mol. The molecule has 1 heterocycles. The van der Waals surface area contributed by atoms with Gasteiger partial charge in [0.25, 0.3) is 0 Å². The van der Waals surface area contributed by atoms with Crippen LogP contribution in [0.5, 0.6) is 11.5 Å². The molecule has 32 heavy (non-hydrogen) atoms.